The molecule has 1 aliphatic rings. The molecule has 2 aromatic rings. The first-order valence-electron chi connectivity index (χ1n) is 8.27. The quantitative estimate of drug-likeness (QED) is 0.837. The lowest BCUT2D eigenvalue weighted by Crippen LogP contribution is -2.43. The summed E-state index contributed by atoms with van der Waals surface area (Å²) < 4.78 is 14.6. The molecule has 1 aromatic heterocycles. The number of hydrogen-bond donors (Lipinski definition) is 1. The van der Waals surface area contributed by atoms with Gasteiger partial charge in [0.05, 0.1) is 13.1 Å². The molecule has 8 nitrogen and oxygen atoms in total. The topological polar surface area (TPSA) is 92.5 Å². The Morgan fingerprint density at radius 3 is 2.77 bits per heavy atom. The molecule has 9 heteroatoms. The number of nitrogens with zero attached hydrogens (tertiary/aromatic N) is 5. The number of aromatic nitrogens is 3. The van der Waals surface area contributed by atoms with Crippen LogP contribution in [-0.2, 0) is 22.7 Å². The summed E-state index contributed by atoms with van der Waals surface area (Å²) in [6.45, 7) is 2.53. The number of amides is 2. The van der Waals surface area contributed by atoms with Crippen molar-refractivity contribution in [1.82, 2.24) is 25.1 Å². The minimum absolute atomic E-state index is 0.165. The van der Waals surface area contributed by atoms with Crippen molar-refractivity contribution >= 4 is 17.5 Å². The molecule has 1 N–H and O–H groups in total. The number of carbonyl (C=O) groups is 2. The molecule has 1 aliphatic heterocycles. The maximum Gasteiger partial charge on any atom is 0.267 e. The standard InChI is InChI=1S/C17H19FN6O2/c1-12(8-23-11-19-10-20-23)21-17(26)15-6-7-16(25)24(22-15)9-13-2-4-14(18)5-3-13/h2-5,10-12H,6-9H2,1H3,(H,21,26). The third kappa shape index (κ3) is 4.50. The highest BCUT2D eigenvalue weighted by Gasteiger charge is 2.25. The van der Waals surface area contributed by atoms with Crippen molar-refractivity contribution in [3.63, 3.8) is 0 Å². The molecule has 2 heterocycles. The van der Waals surface area contributed by atoms with Gasteiger partial charge in [-0.25, -0.2) is 14.4 Å². The molecule has 0 saturated heterocycles. The fraction of sp³-hybridized carbons (Fsp3) is 0.353. The zero-order valence-electron chi connectivity index (χ0n) is 14.3. The van der Waals surface area contributed by atoms with Gasteiger partial charge in [-0.2, -0.15) is 10.2 Å². The van der Waals surface area contributed by atoms with Gasteiger partial charge in [-0.15, -0.1) is 0 Å². The molecule has 26 heavy (non-hydrogen) atoms. The van der Waals surface area contributed by atoms with Crippen LogP contribution in [0.4, 0.5) is 4.39 Å². The van der Waals surface area contributed by atoms with Crippen LogP contribution >= 0.6 is 0 Å². The molecule has 0 spiro atoms. The molecule has 1 aromatic carbocycles. The third-order valence-electron chi connectivity index (χ3n) is 3.92. The van der Waals surface area contributed by atoms with E-state index in [-0.39, 0.29) is 36.6 Å². The fourth-order valence-electron chi connectivity index (χ4n) is 2.61. The van der Waals surface area contributed by atoms with E-state index in [1.165, 1.54) is 23.5 Å². The highest BCUT2D eigenvalue weighted by Crippen LogP contribution is 2.14. The molecule has 0 aliphatic carbocycles. The fourth-order valence-corrected chi connectivity index (χ4v) is 2.61. The summed E-state index contributed by atoms with van der Waals surface area (Å²) in [7, 11) is 0. The predicted molar refractivity (Wildman–Crippen MR) is 91.2 cm³/mol. The number of benzene rings is 1. The molecule has 2 amide bonds. The van der Waals surface area contributed by atoms with Crippen LogP contribution in [0.5, 0.6) is 0 Å². The molecule has 1 atom stereocenters. The largest absolute Gasteiger partial charge is 0.347 e. The molecule has 0 fully saturated rings. The van der Waals surface area contributed by atoms with Crippen molar-refractivity contribution in [3.8, 4) is 0 Å². The van der Waals surface area contributed by atoms with Gasteiger partial charge in [-0.1, -0.05) is 12.1 Å². The lowest BCUT2D eigenvalue weighted by molar-refractivity contribution is -0.132. The van der Waals surface area contributed by atoms with Crippen LogP contribution in [0.3, 0.4) is 0 Å². The molecule has 0 radical (unpaired) electrons. The number of nitrogens with one attached hydrogen (secondary N) is 1. The highest BCUT2D eigenvalue weighted by molar-refractivity contribution is 6.39. The molecule has 3 rings (SSSR count). The van der Waals surface area contributed by atoms with Crippen molar-refractivity contribution in [3.05, 3.63) is 48.3 Å². The summed E-state index contributed by atoms with van der Waals surface area (Å²) in [5.74, 6) is -0.820. The zero-order valence-corrected chi connectivity index (χ0v) is 14.3. The second kappa shape index (κ2) is 7.85. The molecular weight excluding hydrogens is 339 g/mol. The molecule has 1 unspecified atom stereocenters. The lowest BCUT2D eigenvalue weighted by Gasteiger charge is -2.24. The van der Waals surface area contributed by atoms with Crippen LogP contribution in [-0.4, -0.2) is 43.3 Å². The Balaban J connectivity index is 1.63. The van der Waals surface area contributed by atoms with E-state index in [9.17, 15) is 14.0 Å². The van der Waals surface area contributed by atoms with E-state index in [1.807, 2.05) is 6.92 Å². The van der Waals surface area contributed by atoms with E-state index in [1.54, 1.807) is 23.1 Å². The summed E-state index contributed by atoms with van der Waals surface area (Å²) in [6.07, 6.45) is 3.51. The van der Waals surface area contributed by atoms with Gasteiger partial charge in [0, 0.05) is 18.9 Å². The number of hydrogen-bond acceptors (Lipinski definition) is 5. The van der Waals surface area contributed by atoms with Gasteiger partial charge in [-0.05, 0) is 24.6 Å². The first-order chi connectivity index (χ1) is 12.5. The van der Waals surface area contributed by atoms with Gasteiger partial charge in [0.15, 0.2) is 0 Å². The van der Waals surface area contributed by atoms with Gasteiger partial charge >= 0.3 is 0 Å². The first kappa shape index (κ1) is 17.7. The Labute approximate surface area is 149 Å². The molecule has 0 bridgehead atoms. The number of rotatable bonds is 6. The maximum atomic E-state index is 13.0. The first-order valence-corrected chi connectivity index (χ1v) is 8.27. The van der Waals surface area contributed by atoms with Crippen LogP contribution in [0.2, 0.25) is 0 Å². The van der Waals surface area contributed by atoms with Gasteiger partial charge in [0.2, 0.25) is 5.91 Å². The van der Waals surface area contributed by atoms with E-state index < -0.39 is 0 Å². The van der Waals surface area contributed by atoms with E-state index in [4.69, 9.17) is 0 Å². The van der Waals surface area contributed by atoms with Crippen molar-refractivity contribution in [2.45, 2.75) is 38.9 Å². The second-order valence-corrected chi connectivity index (χ2v) is 6.12. The number of carbonyl (C=O) groups excluding carboxylic acids is 2. The van der Waals surface area contributed by atoms with E-state index in [0.29, 0.717) is 18.7 Å². The predicted octanol–water partition coefficient (Wildman–Crippen LogP) is 1.10. The third-order valence-corrected chi connectivity index (χ3v) is 3.92. The van der Waals surface area contributed by atoms with E-state index >= 15 is 0 Å². The van der Waals surface area contributed by atoms with Crippen molar-refractivity contribution < 1.29 is 14.0 Å². The van der Waals surface area contributed by atoms with Gasteiger partial charge < -0.3 is 5.32 Å². The summed E-state index contributed by atoms with van der Waals surface area (Å²) >= 11 is 0. The van der Waals surface area contributed by atoms with Crippen LogP contribution < -0.4 is 5.32 Å². The Kier molecular flexibility index (Phi) is 5.35. The van der Waals surface area contributed by atoms with Crippen LogP contribution in [0.1, 0.15) is 25.3 Å². The Bertz CT molecular complexity index is 803. The maximum absolute atomic E-state index is 13.0. The molecule has 136 valence electrons. The zero-order chi connectivity index (χ0) is 18.5. The van der Waals surface area contributed by atoms with E-state index in [2.05, 4.69) is 20.5 Å². The normalized spacial score (nSPS) is 15.5. The number of hydrazone groups is 1. The SMILES string of the molecule is CC(Cn1cncn1)NC(=O)C1=NN(Cc2ccc(F)cc2)C(=O)CC1. The van der Waals surface area contributed by atoms with Gasteiger partial charge in [0.25, 0.3) is 5.91 Å². The monoisotopic (exact) mass is 358 g/mol. The summed E-state index contributed by atoms with van der Waals surface area (Å²) in [4.78, 5) is 28.3. The van der Waals surface area contributed by atoms with Crippen molar-refractivity contribution in [2.75, 3.05) is 0 Å². The minimum Gasteiger partial charge on any atom is -0.347 e. The second-order valence-electron chi connectivity index (χ2n) is 6.12. The van der Waals surface area contributed by atoms with Crippen LogP contribution in [0.25, 0.3) is 0 Å². The number of halogens is 1. The summed E-state index contributed by atoms with van der Waals surface area (Å²) in [5, 5.41) is 12.3. The minimum atomic E-state index is -0.344. The molecular formula is C17H19FN6O2. The Morgan fingerprint density at radius 2 is 2.08 bits per heavy atom. The lowest BCUT2D eigenvalue weighted by atomic mass is 10.1. The molecule has 0 saturated carbocycles. The van der Waals surface area contributed by atoms with Crippen LogP contribution in [0.15, 0.2) is 42.0 Å². The average Bonchev–Trinajstić information content (AvgIpc) is 3.11. The average molecular weight is 358 g/mol. The van der Waals surface area contributed by atoms with E-state index in [0.717, 1.165) is 5.56 Å². The van der Waals surface area contributed by atoms with Crippen molar-refractivity contribution in [2.24, 2.45) is 5.10 Å². The Hall–Kier alpha value is -3.10. The summed E-state index contributed by atoms with van der Waals surface area (Å²) in [5.41, 5.74) is 1.04. The van der Waals surface area contributed by atoms with Crippen LogP contribution in [0, 0.1) is 5.82 Å². The summed E-state index contributed by atoms with van der Waals surface area (Å²) in [6, 6.07) is 5.66. The Morgan fingerprint density at radius 1 is 1.31 bits per heavy atom. The van der Waals surface area contributed by atoms with Gasteiger partial charge in [-0.3, -0.25) is 14.3 Å². The smallest absolute Gasteiger partial charge is 0.267 e. The highest BCUT2D eigenvalue weighted by atomic mass is 19.1. The van der Waals surface area contributed by atoms with Crippen molar-refractivity contribution in [1.29, 1.82) is 0 Å². The van der Waals surface area contributed by atoms with Gasteiger partial charge in [0.1, 0.15) is 24.2 Å².